The Hall–Kier alpha value is -1.42. The van der Waals surface area contributed by atoms with Gasteiger partial charge in [0.05, 0.1) is 5.56 Å². The third kappa shape index (κ3) is 1.28. The molecule has 0 saturated carbocycles. The van der Waals surface area contributed by atoms with Gasteiger partial charge in [-0.05, 0) is 6.07 Å². The summed E-state index contributed by atoms with van der Waals surface area (Å²) in [5.74, 6) is -0.0544. The molecule has 2 rings (SSSR count). The first-order chi connectivity index (χ1) is 6.74. The van der Waals surface area contributed by atoms with Gasteiger partial charge in [0, 0.05) is 5.39 Å². The van der Waals surface area contributed by atoms with Gasteiger partial charge in [0.1, 0.15) is 18.0 Å². The Kier molecular flexibility index (Phi) is 2.21. The van der Waals surface area contributed by atoms with Crippen LogP contribution in [0.25, 0.3) is 11.0 Å². The lowest BCUT2D eigenvalue weighted by atomic mass is 10.1. The highest BCUT2D eigenvalue weighted by Crippen LogP contribution is 2.33. The van der Waals surface area contributed by atoms with Crippen molar-refractivity contribution in [1.29, 1.82) is 0 Å². The maximum Gasteiger partial charge on any atom is 0.267 e. The predicted molar refractivity (Wildman–Crippen MR) is 47.1 cm³/mol. The van der Waals surface area contributed by atoms with E-state index in [0.717, 1.165) is 0 Å². The molecule has 14 heavy (non-hydrogen) atoms. The summed E-state index contributed by atoms with van der Waals surface area (Å²) in [6, 6.07) is 6.51. The van der Waals surface area contributed by atoms with Crippen LogP contribution in [0.5, 0.6) is 0 Å². The van der Waals surface area contributed by atoms with E-state index in [1.807, 2.05) is 0 Å². The van der Waals surface area contributed by atoms with E-state index in [1.54, 1.807) is 24.3 Å². The number of alkyl halides is 2. The largest absolute Gasteiger partial charge is 0.458 e. The van der Waals surface area contributed by atoms with E-state index in [1.165, 1.54) is 0 Å². The molecule has 0 saturated heterocycles. The second kappa shape index (κ2) is 3.38. The Labute approximate surface area is 78.8 Å². The van der Waals surface area contributed by atoms with Crippen LogP contribution in [0.4, 0.5) is 8.78 Å². The Morgan fingerprint density at radius 2 is 2.00 bits per heavy atom. The Bertz CT molecular complexity index is 448. The monoisotopic (exact) mass is 198 g/mol. The highest BCUT2D eigenvalue weighted by molar-refractivity contribution is 5.82. The summed E-state index contributed by atoms with van der Waals surface area (Å²) in [7, 11) is 0. The van der Waals surface area contributed by atoms with E-state index >= 15 is 0 Å². The molecule has 0 radical (unpaired) electrons. The lowest BCUT2D eigenvalue weighted by molar-refractivity contribution is 0.144. The lowest BCUT2D eigenvalue weighted by Gasteiger charge is -1.97. The summed E-state index contributed by atoms with van der Waals surface area (Å²) in [5, 5.41) is 9.21. The number of rotatable bonds is 2. The van der Waals surface area contributed by atoms with Crippen molar-refractivity contribution in [1.82, 2.24) is 0 Å². The Balaban J connectivity index is 2.74. The zero-order valence-electron chi connectivity index (χ0n) is 7.21. The van der Waals surface area contributed by atoms with Crippen LogP contribution in [-0.2, 0) is 6.61 Å². The third-order valence-electron chi connectivity index (χ3n) is 2.07. The minimum absolute atomic E-state index is 0.0544. The molecule has 1 aromatic heterocycles. The molecular weight excluding hydrogens is 190 g/mol. The van der Waals surface area contributed by atoms with Crippen molar-refractivity contribution in [2.24, 2.45) is 0 Å². The first kappa shape index (κ1) is 9.15. The molecular formula is C10H8F2O2. The quantitative estimate of drug-likeness (QED) is 0.804. The molecule has 0 aliphatic rings. The number of para-hydroxylation sites is 1. The SMILES string of the molecule is OCc1oc2ccccc2c1C(F)F. The maximum absolute atomic E-state index is 12.6. The first-order valence-electron chi connectivity index (χ1n) is 4.13. The molecule has 1 aromatic carbocycles. The van der Waals surface area contributed by atoms with Crippen molar-refractivity contribution < 1.29 is 18.3 Å². The molecule has 0 aliphatic heterocycles. The molecule has 2 nitrogen and oxygen atoms in total. The topological polar surface area (TPSA) is 33.4 Å². The van der Waals surface area contributed by atoms with Crippen molar-refractivity contribution in [3.8, 4) is 0 Å². The molecule has 2 aromatic rings. The molecule has 1 N–H and O–H groups in total. The molecule has 0 atom stereocenters. The second-order valence-electron chi connectivity index (χ2n) is 2.89. The fourth-order valence-corrected chi connectivity index (χ4v) is 1.47. The predicted octanol–water partition coefficient (Wildman–Crippen LogP) is 2.86. The van der Waals surface area contributed by atoms with Gasteiger partial charge >= 0.3 is 0 Å². The number of aliphatic hydroxyl groups excluding tert-OH is 1. The van der Waals surface area contributed by atoms with Gasteiger partial charge in [0.25, 0.3) is 6.43 Å². The van der Waals surface area contributed by atoms with Crippen LogP contribution in [0.2, 0.25) is 0 Å². The van der Waals surface area contributed by atoms with Crippen LogP contribution in [0, 0.1) is 0 Å². The van der Waals surface area contributed by atoms with Gasteiger partial charge < -0.3 is 9.52 Å². The van der Waals surface area contributed by atoms with Gasteiger partial charge in [-0.3, -0.25) is 0 Å². The minimum Gasteiger partial charge on any atom is -0.458 e. The van der Waals surface area contributed by atoms with Crippen LogP contribution >= 0.6 is 0 Å². The summed E-state index contributed by atoms with van der Waals surface area (Å²) < 4.78 is 30.3. The van der Waals surface area contributed by atoms with E-state index in [0.29, 0.717) is 11.0 Å². The molecule has 0 amide bonds. The van der Waals surface area contributed by atoms with Gasteiger partial charge in [0.15, 0.2) is 0 Å². The Morgan fingerprint density at radius 3 is 2.64 bits per heavy atom. The number of benzene rings is 1. The average Bonchev–Trinajstić information content (AvgIpc) is 2.55. The number of hydrogen-bond donors (Lipinski definition) is 1. The molecule has 1 heterocycles. The van der Waals surface area contributed by atoms with Gasteiger partial charge in [-0.2, -0.15) is 0 Å². The number of hydrogen-bond acceptors (Lipinski definition) is 2. The first-order valence-corrected chi connectivity index (χ1v) is 4.13. The number of aliphatic hydroxyl groups is 1. The molecule has 0 spiro atoms. The minimum atomic E-state index is -2.62. The van der Waals surface area contributed by atoms with Crippen molar-refractivity contribution in [3.05, 3.63) is 35.6 Å². The van der Waals surface area contributed by atoms with Crippen molar-refractivity contribution in [3.63, 3.8) is 0 Å². The average molecular weight is 198 g/mol. The molecule has 4 heteroatoms. The summed E-state index contributed by atoms with van der Waals surface area (Å²) in [5.41, 5.74) is 0.176. The molecule has 0 fully saturated rings. The maximum atomic E-state index is 12.6. The van der Waals surface area contributed by atoms with E-state index in [-0.39, 0.29) is 11.3 Å². The number of furan rings is 1. The van der Waals surface area contributed by atoms with E-state index in [9.17, 15) is 8.78 Å². The summed E-state index contributed by atoms with van der Waals surface area (Å²) in [4.78, 5) is 0. The highest BCUT2D eigenvalue weighted by Gasteiger charge is 2.20. The van der Waals surface area contributed by atoms with E-state index in [4.69, 9.17) is 9.52 Å². The summed E-state index contributed by atoms with van der Waals surface area (Å²) >= 11 is 0. The fraction of sp³-hybridized carbons (Fsp3) is 0.200. The second-order valence-corrected chi connectivity index (χ2v) is 2.89. The van der Waals surface area contributed by atoms with Gasteiger partial charge in [-0.25, -0.2) is 8.78 Å². The van der Waals surface area contributed by atoms with Crippen LogP contribution in [0.15, 0.2) is 28.7 Å². The van der Waals surface area contributed by atoms with E-state index < -0.39 is 13.0 Å². The normalized spacial score (nSPS) is 11.4. The van der Waals surface area contributed by atoms with Gasteiger partial charge in [0.2, 0.25) is 0 Å². The van der Waals surface area contributed by atoms with E-state index in [2.05, 4.69) is 0 Å². The third-order valence-corrected chi connectivity index (χ3v) is 2.07. The van der Waals surface area contributed by atoms with Crippen molar-refractivity contribution in [2.45, 2.75) is 13.0 Å². The zero-order chi connectivity index (χ0) is 10.1. The van der Waals surface area contributed by atoms with Crippen molar-refractivity contribution in [2.75, 3.05) is 0 Å². The number of halogens is 2. The van der Waals surface area contributed by atoms with Crippen LogP contribution in [0.1, 0.15) is 17.7 Å². The molecule has 74 valence electrons. The van der Waals surface area contributed by atoms with Crippen molar-refractivity contribution >= 4 is 11.0 Å². The highest BCUT2D eigenvalue weighted by atomic mass is 19.3. The number of fused-ring (bicyclic) bond motifs is 1. The smallest absolute Gasteiger partial charge is 0.267 e. The fourth-order valence-electron chi connectivity index (χ4n) is 1.47. The summed E-state index contributed by atoms with van der Waals surface area (Å²) in [6.45, 7) is -0.506. The summed E-state index contributed by atoms with van der Waals surface area (Å²) in [6.07, 6.45) is -2.62. The lowest BCUT2D eigenvalue weighted by Crippen LogP contribution is -1.89. The molecule has 0 bridgehead atoms. The molecule has 0 aliphatic carbocycles. The van der Waals surface area contributed by atoms with Crippen LogP contribution in [-0.4, -0.2) is 5.11 Å². The van der Waals surface area contributed by atoms with Gasteiger partial charge in [-0.15, -0.1) is 0 Å². The van der Waals surface area contributed by atoms with Gasteiger partial charge in [-0.1, -0.05) is 18.2 Å². The zero-order valence-corrected chi connectivity index (χ0v) is 7.21. The molecule has 0 unspecified atom stereocenters. The standard InChI is InChI=1S/C10H8F2O2/c11-10(12)9-6-3-1-2-4-7(6)14-8(9)5-13/h1-4,10,13H,5H2. The Morgan fingerprint density at radius 1 is 1.29 bits per heavy atom. The van der Waals surface area contributed by atoms with Crippen LogP contribution in [0.3, 0.4) is 0 Å². The van der Waals surface area contributed by atoms with Crippen LogP contribution < -0.4 is 0 Å².